The SMILES string of the molecule is COc1cccc(CN2Cc3ccnn3C[C@@H](OCc3ccncc3)C2)c1. The summed E-state index contributed by atoms with van der Waals surface area (Å²) < 4.78 is 13.7. The number of hydrogen-bond donors (Lipinski definition) is 0. The Hall–Kier alpha value is -2.70. The maximum atomic E-state index is 6.23. The highest BCUT2D eigenvalue weighted by molar-refractivity contribution is 5.28. The van der Waals surface area contributed by atoms with Crippen LogP contribution in [0.3, 0.4) is 0 Å². The van der Waals surface area contributed by atoms with E-state index in [9.17, 15) is 0 Å². The molecule has 0 unspecified atom stereocenters. The molecule has 0 saturated carbocycles. The molecule has 1 aliphatic rings. The third-order valence-electron chi connectivity index (χ3n) is 4.80. The van der Waals surface area contributed by atoms with Crippen molar-refractivity contribution in [2.24, 2.45) is 0 Å². The molecule has 1 aromatic carbocycles. The number of methoxy groups -OCH3 is 1. The smallest absolute Gasteiger partial charge is 0.119 e. The Labute approximate surface area is 159 Å². The van der Waals surface area contributed by atoms with Gasteiger partial charge in [-0.15, -0.1) is 0 Å². The van der Waals surface area contributed by atoms with E-state index in [1.165, 1.54) is 11.3 Å². The summed E-state index contributed by atoms with van der Waals surface area (Å²) in [5, 5.41) is 4.47. The van der Waals surface area contributed by atoms with Gasteiger partial charge in [0.15, 0.2) is 0 Å². The molecule has 3 heterocycles. The third kappa shape index (κ3) is 4.53. The molecule has 4 rings (SSSR count). The fourth-order valence-electron chi connectivity index (χ4n) is 3.44. The van der Waals surface area contributed by atoms with E-state index >= 15 is 0 Å². The minimum absolute atomic E-state index is 0.0740. The van der Waals surface area contributed by atoms with Gasteiger partial charge in [-0.05, 0) is 41.5 Å². The van der Waals surface area contributed by atoms with E-state index in [2.05, 4.69) is 37.9 Å². The van der Waals surface area contributed by atoms with Crippen molar-refractivity contribution in [3.05, 3.63) is 77.9 Å². The van der Waals surface area contributed by atoms with Crippen LogP contribution in [0.1, 0.15) is 16.8 Å². The predicted octanol–water partition coefficient (Wildman–Crippen LogP) is 2.89. The molecule has 0 bridgehead atoms. The summed E-state index contributed by atoms with van der Waals surface area (Å²) in [6, 6.07) is 14.3. The number of pyridine rings is 1. The van der Waals surface area contributed by atoms with Crippen LogP contribution in [0.4, 0.5) is 0 Å². The summed E-state index contributed by atoms with van der Waals surface area (Å²) in [7, 11) is 1.70. The first-order valence-electron chi connectivity index (χ1n) is 9.16. The van der Waals surface area contributed by atoms with Gasteiger partial charge in [-0.1, -0.05) is 12.1 Å². The van der Waals surface area contributed by atoms with Crippen LogP contribution < -0.4 is 4.74 Å². The molecule has 6 nitrogen and oxygen atoms in total. The van der Waals surface area contributed by atoms with Gasteiger partial charge in [-0.2, -0.15) is 5.10 Å². The van der Waals surface area contributed by atoms with Crippen LogP contribution >= 0.6 is 0 Å². The predicted molar refractivity (Wildman–Crippen MR) is 102 cm³/mol. The van der Waals surface area contributed by atoms with E-state index in [-0.39, 0.29) is 6.10 Å². The van der Waals surface area contributed by atoms with Gasteiger partial charge in [0.2, 0.25) is 0 Å². The summed E-state index contributed by atoms with van der Waals surface area (Å²) in [4.78, 5) is 6.47. The topological polar surface area (TPSA) is 52.4 Å². The quantitative estimate of drug-likeness (QED) is 0.673. The number of nitrogens with zero attached hydrogens (tertiary/aromatic N) is 4. The van der Waals surface area contributed by atoms with Gasteiger partial charge >= 0.3 is 0 Å². The van der Waals surface area contributed by atoms with Crippen LogP contribution in [0, 0.1) is 0 Å². The van der Waals surface area contributed by atoms with Crippen molar-refractivity contribution in [2.75, 3.05) is 13.7 Å². The lowest BCUT2D eigenvalue weighted by Gasteiger charge is -2.24. The van der Waals surface area contributed by atoms with E-state index < -0.39 is 0 Å². The molecular weight excluding hydrogens is 340 g/mol. The van der Waals surface area contributed by atoms with Crippen LogP contribution in [0.2, 0.25) is 0 Å². The summed E-state index contributed by atoms with van der Waals surface area (Å²) >= 11 is 0. The van der Waals surface area contributed by atoms with Crippen LogP contribution in [0.25, 0.3) is 0 Å². The highest BCUT2D eigenvalue weighted by Gasteiger charge is 2.23. The zero-order valence-electron chi connectivity index (χ0n) is 15.5. The van der Waals surface area contributed by atoms with Gasteiger partial charge in [-0.3, -0.25) is 14.6 Å². The van der Waals surface area contributed by atoms with Gasteiger partial charge < -0.3 is 9.47 Å². The lowest BCUT2D eigenvalue weighted by atomic mass is 10.2. The highest BCUT2D eigenvalue weighted by Crippen LogP contribution is 2.19. The molecule has 0 spiro atoms. The van der Waals surface area contributed by atoms with Gasteiger partial charge in [0.05, 0.1) is 32.1 Å². The molecule has 2 aromatic heterocycles. The van der Waals surface area contributed by atoms with Crippen LogP contribution in [-0.4, -0.2) is 39.4 Å². The Bertz CT molecular complexity index is 865. The van der Waals surface area contributed by atoms with Crippen molar-refractivity contribution < 1.29 is 9.47 Å². The molecule has 0 amide bonds. The Morgan fingerprint density at radius 3 is 2.78 bits per heavy atom. The molecule has 27 heavy (non-hydrogen) atoms. The first-order chi connectivity index (χ1) is 13.3. The number of hydrogen-bond acceptors (Lipinski definition) is 5. The van der Waals surface area contributed by atoms with Crippen LogP contribution in [0.5, 0.6) is 5.75 Å². The van der Waals surface area contributed by atoms with E-state index in [1.54, 1.807) is 19.5 Å². The zero-order chi connectivity index (χ0) is 18.5. The zero-order valence-corrected chi connectivity index (χ0v) is 15.5. The van der Waals surface area contributed by atoms with Crippen molar-refractivity contribution in [1.29, 1.82) is 0 Å². The molecule has 1 atom stereocenters. The molecular formula is C21H24N4O2. The lowest BCUT2D eigenvalue weighted by Crippen LogP contribution is -2.32. The van der Waals surface area contributed by atoms with E-state index in [0.717, 1.165) is 37.5 Å². The second kappa shape index (κ2) is 8.33. The largest absolute Gasteiger partial charge is 0.497 e. The van der Waals surface area contributed by atoms with E-state index in [4.69, 9.17) is 9.47 Å². The normalized spacial score (nSPS) is 17.3. The Balaban J connectivity index is 1.47. The number of fused-ring (bicyclic) bond motifs is 1. The van der Waals surface area contributed by atoms with Crippen molar-refractivity contribution in [2.45, 2.75) is 32.3 Å². The molecule has 0 radical (unpaired) electrons. The van der Waals surface area contributed by atoms with Crippen LogP contribution in [-0.2, 0) is 31.0 Å². The lowest BCUT2D eigenvalue weighted by molar-refractivity contribution is 0.00717. The van der Waals surface area contributed by atoms with Crippen molar-refractivity contribution in [1.82, 2.24) is 19.7 Å². The van der Waals surface area contributed by atoms with Crippen molar-refractivity contribution in [3.63, 3.8) is 0 Å². The number of benzene rings is 1. The van der Waals surface area contributed by atoms with Gasteiger partial charge in [-0.25, -0.2) is 0 Å². The fraction of sp³-hybridized carbons (Fsp3) is 0.333. The maximum Gasteiger partial charge on any atom is 0.119 e. The average molecular weight is 364 g/mol. The monoisotopic (exact) mass is 364 g/mol. The van der Waals surface area contributed by atoms with Crippen molar-refractivity contribution >= 4 is 0 Å². The van der Waals surface area contributed by atoms with E-state index in [0.29, 0.717) is 6.61 Å². The molecule has 140 valence electrons. The number of aromatic nitrogens is 3. The molecule has 0 fully saturated rings. The minimum Gasteiger partial charge on any atom is -0.497 e. The molecule has 1 aliphatic heterocycles. The van der Waals surface area contributed by atoms with E-state index in [1.807, 2.05) is 30.5 Å². The molecule has 0 N–H and O–H groups in total. The summed E-state index contributed by atoms with van der Waals surface area (Å²) in [6.07, 6.45) is 5.54. The average Bonchev–Trinajstić information content (AvgIpc) is 3.06. The third-order valence-corrected chi connectivity index (χ3v) is 4.80. The fourth-order valence-corrected chi connectivity index (χ4v) is 3.44. The number of ether oxygens (including phenoxy) is 2. The first kappa shape index (κ1) is 17.7. The molecule has 6 heteroatoms. The summed E-state index contributed by atoms with van der Waals surface area (Å²) in [6.45, 7) is 3.90. The maximum absolute atomic E-state index is 6.23. The Morgan fingerprint density at radius 2 is 1.93 bits per heavy atom. The summed E-state index contributed by atoms with van der Waals surface area (Å²) in [5.74, 6) is 0.887. The first-order valence-corrected chi connectivity index (χ1v) is 9.16. The van der Waals surface area contributed by atoms with Gasteiger partial charge in [0.1, 0.15) is 5.75 Å². The second-order valence-electron chi connectivity index (χ2n) is 6.81. The van der Waals surface area contributed by atoms with Crippen LogP contribution in [0.15, 0.2) is 61.1 Å². The molecule has 0 aliphatic carbocycles. The Morgan fingerprint density at radius 1 is 1.04 bits per heavy atom. The molecule has 3 aromatic rings. The second-order valence-corrected chi connectivity index (χ2v) is 6.81. The highest BCUT2D eigenvalue weighted by atomic mass is 16.5. The Kier molecular flexibility index (Phi) is 5.46. The van der Waals surface area contributed by atoms with Gasteiger partial charge in [0, 0.05) is 38.2 Å². The summed E-state index contributed by atoms with van der Waals surface area (Å²) in [5.41, 5.74) is 3.58. The minimum atomic E-state index is 0.0740. The standard InChI is InChI=1S/C21H24N4O2/c1-26-20-4-2-3-18(11-20)12-24-13-19-7-10-23-25(19)15-21(14-24)27-16-17-5-8-22-9-6-17/h2-11,21H,12-16H2,1H3/t21-/m0/s1. The van der Waals surface area contributed by atoms with Gasteiger partial charge in [0.25, 0.3) is 0 Å². The molecule has 0 saturated heterocycles. The van der Waals surface area contributed by atoms with Crippen molar-refractivity contribution in [3.8, 4) is 5.75 Å². The number of rotatable bonds is 6.